The summed E-state index contributed by atoms with van der Waals surface area (Å²) < 4.78 is 0. The van der Waals surface area contributed by atoms with E-state index in [4.69, 9.17) is 0 Å². The lowest BCUT2D eigenvalue weighted by molar-refractivity contribution is -0.108. The molecule has 0 aliphatic rings. The number of carbonyl (C=O) groups excluding carboxylic acids is 1. The van der Waals surface area contributed by atoms with Crippen molar-refractivity contribution in [3.8, 4) is 0 Å². The molecule has 1 nitrogen and oxygen atoms in total. The molecular weight excluding hydrogens is 112 g/mol. The molecule has 0 heterocycles. The summed E-state index contributed by atoms with van der Waals surface area (Å²) in [7, 11) is 0. The molecule has 0 saturated heterocycles. The zero-order valence-electron chi connectivity index (χ0n) is 6.13. The Balaban J connectivity index is 3.25. The Morgan fingerprint density at radius 1 is 1.44 bits per heavy atom. The van der Waals surface area contributed by atoms with Crippen molar-refractivity contribution < 1.29 is 4.79 Å². The molecule has 52 valence electrons. The van der Waals surface area contributed by atoms with Crippen LogP contribution in [-0.4, -0.2) is 6.29 Å². The molecule has 0 rings (SSSR count). The maximum Gasteiger partial charge on any atom is 0.120 e. The van der Waals surface area contributed by atoms with Gasteiger partial charge in [-0.05, 0) is 19.3 Å². The first-order valence-corrected chi connectivity index (χ1v) is 3.36. The van der Waals surface area contributed by atoms with Gasteiger partial charge in [0.1, 0.15) is 6.29 Å². The van der Waals surface area contributed by atoms with Crippen LogP contribution in [0.15, 0.2) is 12.2 Å². The summed E-state index contributed by atoms with van der Waals surface area (Å²) >= 11 is 0. The number of rotatable bonds is 4. The van der Waals surface area contributed by atoms with Gasteiger partial charge >= 0.3 is 0 Å². The molecule has 1 unspecified atom stereocenters. The molecule has 0 aliphatic heterocycles. The minimum Gasteiger partial charge on any atom is -0.303 e. The molecule has 0 saturated carbocycles. The zero-order chi connectivity index (χ0) is 7.11. The highest BCUT2D eigenvalue weighted by molar-refractivity contribution is 5.49. The summed E-state index contributed by atoms with van der Waals surface area (Å²) in [4.78, 5) is 9.95. The maximum absolute atomic E-state index is 9.95. The Hall–Kier alpha value is -0.590. The van der Waals surface area contributed by atoms with Crippen LogP contribution >= 0.6 is 0 Å². The monoisotopic (exact) mass is 126 g/mol. The van der Waals surface area contributed by atoms with Crippen LogP contribution in [0.5, 0.6) is 0 Å². The molecule has 0 spiro atoms. The fraction of sp³-hybridized carbons (Fsp3) is 0.625. The second-order valence-corrected chi connectivity index (χ2v) is 2.31. The van der Waals surface area contributed by atoms with Crippen molar-refractivity contribution in [3.63, 3.8) is 0 Å². The molecule has 0 bridgehead atoms. The molecular formula is C8H14O. The van der Waals surface area contributed by atoms with E-state index in [2.05, 4.69) is 13.0 Å². The first-order valence-electron chi connectivity index (χ1n) is 3.36. The van der Waals surface area contributed by atoms with Crippen molar-refractivity contribution in [3.05, 3.63) is 12.2 Å². The van der Waals surface area contributed by atoms with Crippen molar-refractivity contribution in [1.29, 1.82) is 0 Å². The van der Waals surface area contributed by atoms with Gasteiger partial charge in [-0.15, -0.1) is 0 Å². The van der Waals surface area contributed by atoms with Crippen molar-refractivity contribution in [2.45, 2.75) is 26.7 Å². The molecule has 0 radical (unpaired) electrons. The molecule has 0 aromatic rings. The lowest BCUT2D eigenvalue weighted by Gasteiger charge is -2.00. The van der Waals surface area contributed by atoms with Gasteiger partial charge in [-0.25, -0.2) is 0 Å². The Morgan fingerprint density at radius 3 is 2.56 bits per heavy atom. The van der Waals surface area contributed by atoms with Crippen molar-refractivity contribution in [2.75, 3.05) is 0 Å². The smallest absolute Gasteiger partial charge is 0.120 e. The summed E-state index contributed by atoms with van der Waals surface area (Å²) in [5.74, 6) is 0.513. The third-order valence-electron chi connectivity index (χ3n) is 1.27. The second kappa shape index (κ2) is 5.54. The first-order chi connectivity index (χ1) is 4.31. The highest BCUT2D eigenvalue weighted by Crippen LogP contribution is 2.04. The fourth-order valence-corrected chi connectivity index (χ4v) is 0.629. The highest BCUT2D eigenvalue weighted by Gasteiger charge is 1.95. The summed E-state index contributed by atoms with van der Waals surface area (Å²) in [5, 5.41) is 0. The van der Waals surface area contributed by atoms with Crippen LogP contribution in [-0.2, 0) is 4.79 Å². The van der Waals surface area contributed by atoms with E-state index in [0.717, 1.165) is 12.7 Å². The number of aldehydes is 1. The summed E-state index contributed by atoms with van der Waals surface area (Å²) in [6.07, 6.45) is 6.79. The van der Waals surface area contributed by atoms with E-state index < -0.39 is 0 Å². The predicted octanol–water partition coefficient (Wildman–Crippen LogP) is 2.18. The Labute approximate surface area is 56.8 Å². The minimum absolute atomic E-state index is 0.513. The van der Waals surface area contributed by atoms with Crippen LogP contribution in [0.25, 0.3) is 0 Å². The van der Waals surface area contributed by atoms with E-state index >= 15 is 0 Å². The van der Waals surface area contributed by atoms with Crippen molar-refractivity contribution >= 4 is 6.29 Å². The maximum atomic E-state index is 9.95. The number of allylic oxidation sites excluding steroid dienone is 2. The van der Waals surface area contributed by atoms with Crippen LogP contribution in [0, 0.1) is 5.92 Å². The van der Waals surface area contributed by atoms with E-state index in [-0.39, 0.29) is 0 Å². The Bertz CT molecular complexity index is 94.7. The minimum atomic E-state index is 0.513. The van der Waals surface area contributed by atoms with Gasteiger partial charge in [0.05, 0.1) is 0 Å². The van der Waals surface area contributed by atoms with Gasteiger partial charge in [0, 0.05) is 6.42 Å². The normalized spacial score (nSPS) is 14.0. The van der Waals surface area contributed by atoms with E-state index in [0.29, 0.717) is 12.3 Å². The van der Waals surface area contributed by atoms with Gasteiger partial charge in [-0.3, -0.25) is 0 Å². The third-order valence-corrected chi connectivity index (χ3v) is 1.27. The fourth-order valence-electron chi connectivity index (χ4n) is 0.629. The molecule has 1 atom stereocenters. The molecule has 0 amide bonds. The number of hydrogen-bond acceptors (Lipinski definition) is 1. The molecule has 1 heteroatoms. The lowest BCUT2D eigenvalue weighted by Crippen LogP contribution is -1.91. The SMILES string of the molecule is C/C=C/CC(C)CC=O. The van der Waals surface area contributed by atoms with E-state index in [1.807, 2.05) is 13.0 Å². The largest absolute Gasteiger partial charge is 0.303 e. The number of hydrogen-bond donors (Lipinski definition) is 0. The van der Waals surface area contributed by atoms with Crippen molar-refractivity contribution in [2.24, 2.45) is 5.92 Å². The summed E-state index contributed by atoms with van der Waals surface area (Å²) in [6.45, 7) is 4.07. The van der Waals surface area contributed by atoms with E-state index in [1.165, 1.54) is 0 Å². The van der Waals surface area contributed by atoms with Crippen LogP contribution in [0.4, 0.5) is 0 Å². The van der Waals surface area contributed by atoms with E-state index in [9.17, 15) is 4.79 Å². The Morgan fingerprint density at radius 2 is 2.11 bits per heavy atom. The van der Waals surface area contributed by atoms with Crippen molar-refractivity contribution in [1.82, 2.24) is 0 Å². The Kier molecular flexibility index (Phi) is 5.18. The summed E-state index contributed by atoms with van der Waals surface area (Å²) in [6, 6.07) is 0. The molecule has 9 heavy (non-hydrogen) atoms. The van der Waals surface area contributed by atoms with Gasteiger partial charge < -0.3 is 4.79 Å². The van der Waals surface area contributed by atoms with E-state index in [1.54, 1.807) is 0 Å². The standard InChI is InChI=1S/C8H14O/c1-3-4-5-8(2)6-7-9/h3-4,7-8H,5-6H2,1-2H3/b4-3+. The van der Waals surface area contributed by atoms with Gasteiger partial charge in [0.15, 0.2) is 0 Å². The molecule has 0 aliphatic carbocycles. The predicted molar refractivity (Wildman–Crippen MR) is 39.3 cm³/mol. The molecule has 0 aromatic carbocycles. The third kappa shape index (κ3) is 5.28. The van der Waals surface area contributed by atoms with Crippen LogP contribution < -0.4 is 0 Å². The average Bonchev–Trinajstić information content (AvgIpc) is 1.85. The summed E-state index contributed by atoms with van der Waals surface area (Å²) in [5.41, 5.74) is 0. The lowest BCUT2D eigenvalue weighted by atomic mass is 10.1. The highest BCUT2D eigenvalue weighted by atomic mass is 16.1. The van der Waals surface area contributed by atoms with Crippen LogP contribution in [0.2, 0.25) is 0 Å². The number of carbonyl (C=O) groups is 1. The van der Waals surface area contributed by atoms with Gasteiger partial charge in [-0.1, -0.05) is 19.1 Å². The van der Waals surface area contributed by atoms with Gasteiger partial charge in [0.25, 0.3) is 0 Å². The second-order valence-electron chi connectivity index (χ2n) is 2.31. The van der Waals surface area contributed by atoms with Crippen LogP contribution in [0.3, 0.4) is 0 Å². The molecule has 0 aromatic heterocycles. The molecule has 0 fully saturated rings. The zero-order valence-corrected chi connectivity index (χ0v) is 6.13. The first kappa shape index (κ1) is 8.41. The molecule has 0 N–H and O–H groups in total. The van der Waals surface area contributed by atoms with Gasteiger partial charge in [-0.2, -0.15) is 0 Å². The van der Waals surface area contributed by atoms with Crippen LogP contribution in [0.1, 0.15) is 26.7 Å². The average molecular weight is 126 g/mol. The topological polar surface area (TPSA) is 17.1 Å². The quantitative estimate of drug-likeness (QED) is 0.417. The van der Waals surface area contributed by atoms with Gasteiger partial charge in [0.2, 0.25) is 0 Å².